The van der Waals surface area contributed by atoms with Crippen LogP contribution >= 0.6 is 11.6 Å². The molecule has 1 aliphatic heterocycles. The Bertz CT molecular complexity index is 1510. The molecule has 0 aliphatic carbocycles. The maximum atomic E-state index is 11.5. The molecule has 0 radical (unpaired) electrons. The van der Waals surface area contributed by atoms with Crippen LogP contribution in [-0.2, 0) is 0 Å². The highest BCUT2D eigenvalue weighted by Gasteiger charge is 2.35. The number of allylic oxidation sites excluding steroid dienone is 1. The van der Waals surface area contributed by atoms with E-state index in [0.717, 1.165) is 15.3 Å². The van der Waals surface area contributed by atoms with Gasteiger partial charge in [0.05, 0.1) is 10.8 Å². The number of benzene rings is 3. The molecular formula is C24H14ClN3O5. The van der Waals surface area contributed by atoms with Crippen LogP contribution in [0.1, 0.15) is 17.0 Å². The molecule has 0 saturated carbocycles. The molecule has 1 atom stereocenters. The molecule has 0 saturated heterocycles. The third kappa shape index (κ3) is 3.14. The summed E-state index contributed by atoms with van der Waals surface area (Å²) in [5.74, 6) is -1.13. The van der Waals surface area contributed by atoms with Crippen molar-refractivity contribution in [1.29, 1.82) is 5.26 Å². The first-order chi connectivity index (χ1) is 15.9. The van der Waals surface area contributed by atoms with Gasteiger partial charge >= 0.3 is 0 Å². The molecule has 0 fully saturated rings. The Hall–Kier alpha value is -4.48. The molecule has 5 rings (SSSR count). The van der Waals surface area contributed by atoms with Crippen molar-refractivity contribution < 1.29 is 19.9 Å². The number of halogens is 1. The highest BCUT2D eigenvalue weighted by molar-refractivity contribution is 6.32. The fourth-order valence-electron chi connectivity index (χ4n) is 4.13. The normalized spacial score (nSPS) is 15.1. The molecular weight excluding hydrogens is 446 g/mol. The highest BCUT2D eigenvalue weighted by atomic mass is 35.5. The summed E-state index contributed by atoms with van der Waals surface area (Å²) in [5.41, 5.74) is 0.799. The van der Waals surface area contributed by atoms with Gasteiger partial charge in [-0.2, -0.15) is 5.26 Å². The van der Waals surface area contributed by atoms with E-state index >= 15 is 0 Å². The Morgan fingerprint density at radius 3 is 2.48 bits per heavy atom. The molecule has 4 aromatic rings. The first-order valence-corrected chi connectivity index (χ1v) is 10.2. The van der Waals surface area contributed by atoms with Gasteiger partial charge in [-0.1, -0.05) is 54.1 Å². The molecule has 1 aromatic heterocycles. The molecule has 2 N–H and O–H groups in total. The number of nitro benzene ring substituents is 1. The van der Waals surface area contributed by atoms with Crippen molar-refractivity contribution >= 4 is 33.9 Å². The molecule has 0 amide bonds. The van der Waals surface area contributed by atoms with Gasteiger partial charge in [-0.05, 0) is 17.0 Å². The first-order valence-electron chi connectivity index (χ1n) is 9.78. The van der Waals surface area contributed by atoms with E-state index in [1.54, 1.807) is 12.1 Å². The summed E-state index contributed by atoms with van der Waals surface area (Å²) in [6.07, 6.45) is 0. The van der Waals surface area contributed by atoms with E-state index in [2.05, 4.69) is 6.07 Å². The summed E-state index contributed by atoms with van der Waals surface area (Å²) >= 11 is 6.02. The van der Waals surface area contributed by atoms with Crippen molar-refractivity contribution in [2.45, 2.75) is 5.92 Å². The van der Waals surface area contributed by atoms with Crippen LogP contribution in [0.4, 0.5) is 5.69 Å². The van der Waals surface area contributed by atoms with E-state index in [4.69, 9.17) is 16.3 Å². The van der Waals surface area contributed by atoms with Crippen LogP contribution < -0.4 is 4.74 Å². The number of hydrogen-bond donors (Lipinski definition) is 2. The van der Waals surface area contributed by atoms with E-state index in [9.17, 15) is 25.6 Å². The lowest BCUT2D eigenvalue weighted by Crippen LogP contribution is -2.19. The summed E-state index contributed by atoms with van der Waals surface area (Å²) < 4.78 is 7.16. The monoisotopic (exact) mass is 459 g/mol. The van der Waals surface area contributed by atoms with E-state index in [1.165, 1.54) is 24.3 Å². The van der Waals surface area contributed by atoms with Gasteiger partial charge in [-0.15, -0.1) is 0 Å². The van der Waals surface area contributed by atoms with Gasteiger partial charge in [0.15, 0.2) is 0 Å². The Kier molecular flexibility index (Phi) is 4.69. The van der Waals surface area contributed by atoms with Crippen LogP contribution in [0.25, 0.3) is 16.7 Å². The van der Waals surface area contributed by atoms with Crippen molar-refractivity contribution in [3.8, 4) is 23.6 Å². The number of nitro groups is 1. The van der Waals surface area contributed by atoms with Crippen molar-refractivity contribution in [1.82, 2.24) is 4.57 Å². The lowest BCUT2D eigenvalue weighted by molar-refractivity contribution is -0.384. The minimum atomic E-state index is -0.782. The number of aromatic nitrogens is 1. The summed E-state index contributed by atoms with van der Waals surface area (Å²) in [6.45, 7) is 0. The highest BCUT2D eigenvalue weighted by Crippen LogP contribution is 2.49. The van der Waals surface area contributed by atoms with Crippen molar-refractivity contribution in [2.24, 2.45) is 0 Å². The van der Waals surface area contributed by atoms with Gasteiger partial charge in [-0.25, -0.2) is 4.57 Å². The Morgan fingerprint density at radius 1 is 1.06 bits per heavy atom. The minimum absolute atomic E-state index is 0.0297. The van der Waals surface area contributed by atoms with Crippen LogP contribution in [0, 0.1) is 21.4 Å². The lowest BCUT2D eigenvalue weighted by Gasteiger charge is -2.29. The third-order valence-corrected chi connectivity index (χ3v) is 5.92. The lowest BCUT2D eigenvalue weighted by atomic mass is 9.82. The average Bonchev–Trinajstić information content (AvgIpc) is 3.15. The molecule has 33 heavy (non-hydrogen) atoms. The molecule has 8 nitrogen and oxygen atoms in total. The molecule has 9 heteroatoms. The van der Waals surface area contributed by atoms with Gasteiger partial charge in [0, 0.05) is 29.1 Å². The van der Waals surface area contributed by atoms with Crippen molar-refractivity contribution in [2.75, 3.05) is 0 Å². The van der Waals surface area contributed by atoms with Crippen molar-refractivity contribution in [3.63, 3.8) is 0 Å². The van der Waals surface area contributed by atoms with Gasteiger partial charge in [0.25, 0.3) is 5.69 Å². The van der Waals surface area contributed by atoms with E-state index in [-0.39, 0.29) is 33.9 Å². The summed E-state index contributed by atoms with van der Waals surface area (Å²) in [6, 6.07) is 20.1. The fourth-order valence-corrected chi connectivity index (χ4v) is 4.32. The zero-order valence-electron chi connectivity index (χ0n) is 16.8. The molecule has 0 bridgehead atoms. The number of nitrogens with zero attached hydrogens (tertiary/aromatic N) is 3. The largest absolute Gasteiger partial charge is 0.494 e. The Balaban J connectivity index is 1.86. The quantitative estimate of drug-likeness (QED) is 0.307. The second-order valence-electron chi connectivity index (χ2n) is 7.42. The van der Waals surface area contributed by atoms with Gasteiger partial charge in [-0.3, -0.25) is 10.1 Å². The maximum Gasteiger partial charge on any atom is 0.288 e. The molecule has 162 valence electrons. The second kappa shape index (κ2) is 7.58. The molecule has 1 unspecified atom stereocenters. The van der Waals surface area contributed by atoms with Crippen LogP contribution in [0.15, 0.2) is 72.3 Å². The van der Waals surface area contributed by atoms with Crippen LogP contribution in [0.3, 0.4) is 0 Å². The van der Waals surface area contributed by atoms with Crippen LogP contribution in [0.2, 0.25) is 5.02 Å². The van der Waals surface area contributed by atoms with Crippen molar-refractivity contribution in [3.05, 3.63) is 98.6 Å². The number of aromatic hydroxyl groups is 2. The molecule has 2 heterocycles. The number of hydrogen-bond acceptors (Lipinski definition) is 6. The second-order valence-corrected chi connectivity index (χ2v) is 7.83. The van der Waals surface area contributed by atoms with Gasteiger partial charge < -0.3 is 14.9 Å². The summed E-state index contributed by atoms with van der Waals surface area (Å²) in [7, 11) is 0. The van der Waals surface area contributed by atoms with E-state index in [1.807, 2.05) is 30.3 Å². The molecule has 3 aromatic carbocycles. The zero-order chi connectivity index (χ0) is 23.3. The summed E-state index contributed by atoms with van der Waals surface area (Å²) in [5, 5.41) is 43.9. The Morgan fingerprint density at radius 2 is 1.79 bits per heavy atom. The predicted octanol–water partition coefficient (Wildman–Crippen LogP) is 5.53. The zero-order valence-corrected chi connectivity index (χ0v) is 17.5. The topological polar surface area (TPSA) is 122 Å². The van der Waals surface area contributed by atoms with Gasteiger partial charge in [0.1, 0.15) is 22.4 Å². The Labute approximate surface area is 191 Å². The fraction of sp³-hybridized carbons (Fsp3) is 0.0417. The third-order valence-electron chi connectivity index (χ3n) is 5.60. The summed E-state index contributed by atoms with van der Waals surface area (Å²) in [4.78, 5) is 10.9. The van der Waals surface area contributed by atoms with Gasteiger partial charge in [0.2, 0.25) is 17.6 Å². The van der Waals surface area contributed by atoms with E-state index < -0.39 is 10.8 Å². The first kappa shape index (κ1) is 20.4. The molecule has 0 spiro atoms. The SMILES string of the molecule is N#CC1=C(n2c(O)ccc2O)Oc2c(ccc3ccccc23)C1c1ccc(Cl)c([N+](=O)[O-])c1. The number of fused-ring (bicyclic) bond motifs is 3. The smallest absolute Gasteiger partial charge is 0.288 e. The molecule has 1 aliphatic rings. The number of ether oxygens (including phenoxy) is 1. The number of rotatable bonds is 3. The maximum absolute atomic E-state index is 11.5. The average molecular weight is 460 g/mol. The van der Waals surface area contributed by atoms with Crippen LogP contribution in [0.5, 0.6) is 17.5 Å². The van der Waals surface area contributed by atoms with Crippen LogP contribution in [-0.4, -0.2) is 19.7 Å². The minimum Gasteiger partial charge on any atom is -0.494 e. The predicted molar refractivity (Wildman–Crippen MR) is 121 cm³/mol. The van der Waals surface area contributed by atoms with E-state index in [0.29, 0.717) is 16.9 Å². The standard InChI is InChI=1S/C24H14ClN3O5/c25-18-8-6-14(11-19(18)28(31)32)22-16-7-5-13-3-1-2-4-15(13)23(16)33-24(17(22)12-26)27-20(29)9-10-21(27)30/h1-11,22,29-30H. The number of nitriles is 1.